The summed E-state index contributed by atoms with van der Waals surface area (Å²) >= 11 is 1.50. The summed E-state index contributed by atoms with van der Waals surface area (Å²) in [5, 5.41) is 8.93. The topological polar surface area (TPSA) is 78.2 Å². The van der Waals surface area contributed by atoms with Crippen molar-refractivity contribution >= 4 is 27.5 Å². The van der Waals surface area contributed by atoms with Gasteiger partial charge in [-0.15, -0.1) is 11.8 Å². The first-order valence-corrected chi connectivity index (χ1v) is 11.4. The van der Waals surface area contributed by atoms with Crippen molar-refractivity contribution < 1.29 is 13.2 Å². The van der Waals surface area contributed by atoms with Crippen LogP contribution >= 0.6 is 11.8 Å². The van der Waals surface area contributed by atoms with Gasteiger partial charge in [0.15, 0.2) is 9.84 Å². The molecule has 25 heavy (non-hydrogen) atoms. The average Bonchev–Trinajstić information content (AvgIpc) is 2.94. The lowest BCUT2D eigenvalue weighted by atomic mass is 10.1. The fourth-order valence-electron chi connectivity index (χ4n) is 3.06. The first-order valence-electron chi connectivity index (χ1n) is 8.44. The van der Waals surface area contributed by atoms with Crippen LogP contribution < -0.4 is 0 Å². The van der Waals surface area contributed by atoms with Crippen molar-refractivity contribution in [3.05, 3.63) is 35.4 Å². The van der Waals surface area contributed by atoms with Crippen LogP contribution in [-0.4, -0.2) is 48.6 Å². The maximum absolute atomic E-state index is 12.7. The standard InChI is InChI=1S/C18H24N2O3S2/c1-3-14(2)20(17-7-8-25(22,23)13-17)18(21)12-24-11-16-6-4-5-15(9-16)10-19/h4-6,9,14,17H,3,7-8,11-13H2,1-2H3/t14-,17+/m1/s1. The van der Waals surface area contributed by atoms with E-state index in [4.69, 9.17) is 5.26 Å². The van der Waals surface area contributed by atoms with Crippen molar-refractivity contribution in [1.82, 2.24) is 4.90 Å². The van der Waals surface area contributed by atoms with Crippen LogP contribution in [-0.2, 0) is 20.4 Å². The van der Waals surface area contributed by atoms with E-state index in [9.17, 15) is 13.2 Å². The Labute approximate surface area is 154 Å². The summed E-state index contributed by atoms with van der Waals surface area (Å²) in [7, 11) is -3.02. The van der Waals surface area contributed by atoms with Crippen LogP contribution in [0.2, 0.25) is 0 Å². The highest BCUT2D eigenvalue weighted by molar-refractivity contribution is 7.99. The Morgan fingerprint density at radius 1 is 1.48 bits per heavy atom. The van der Waals surface area contributed by atoms with Crippen molar-refractivity contribution in [1.29, 1.82) is 5.26 Å². The van der Waals surface area contributed by atoms with Gasteiger partial charge >= 0.3 is 0 Å². The fourth-order valence-corrected chi connectivity index (χ4v) is 5.61. The van der Waals surface area contributed by atoms with Gasteiger partial charge in [0.05, 0.1) is 28.9 Å². The smallest absolute Gasteiger partial charge is 0.233 e. The van der Waals surface area contributed by atoms with Gasteiger partial charge in [0.25, 0.3) is 0 Å². The van der Waals surface area contributed by atoms with Gasteiger partial charge in [-0.05, 0) is 37.5 Å². The third-order valence-corrected chi connectivity index (χ3v) is 7.24. The molecule has 1 aromatic carbocycles. The highest BCUT2D eigenvalue weighted by atomic mass is 32.2. The number of carbonyl (C=O) groups is 1. The summed E-state index contributed by atoms with van der Waals surface area (Å²) in [6, 6.07) is 9.31. The van der Waals surface area contributed by atoms with Crippen molar-refractivity contribution in [3.8, 4) is 6.07 Å². The predicted molar refractivity (Wildman–Crippen MR) is 101 cm³/mol. The lowest BCUT2D eigenvalue weighted by Crippen LogP contribution is -2.47. The molecule has 0 saturated carbocycles. The minimum atomic E-state index is -3.02. The Kier molecular flexibility index (Phi) is 6.91. The molecule has 136 valence electrons. The van der Waals surface area contributed by atoms with Crippen molar-refractivity contribution in [2.45, 2.75) is 44.5 Å². The maximum Gasteiger partial charge on any atom is 0.233 e. The summed E-state index contributed by atoms with van der Waals surface area (Å²) in [6.07, 6.45) is 1.34. The second kappa shape index (κ2) is 8.72. The zero-order chi connectivity index (χ0) is 18.4. The Hall–Kier alpha value is -1.52. The Morgan fingerprint density at radius 3 is 2.84 bits per heavy atom. The normalized spacial score (nSPS) is 20.0. The van der Waals surface area contributed by atoms with E-state index in [1.165, 1.54) is 11.8 Å². The second-order valence-electron chi connectivity index (χ2n) is 6.42. The Morgan fingerprint density at radius 2 is 2.24 bits per heavy atom. The molecular formula is C18H24N2O3S2. The molecule has 1 amide bonds. The molecule has 1 aromatic rings. The molecule has 5 nitrogen and oxygen atoms in total. The third-order valence-electron chi connectivity index (χ3n) is 4.51. The molecule has 1 heterocycles. The number of thioether (sulfide) groups is 1. The SMILES string of the molecule is CC[C@@H](C)N(C(=O)CSCc1cccc(C#N)c1)[C@H]1CCS(=O)(=O)C1. The molecule has 2 rings (SSSR count). The van der Waals surface area contributed by atoms with Gasteiger partial charge in [-0.1, -0.05) is 19.1 Å². The second-order valence-corrected chi connectivity index (χ2v) is 9.63. The summed E-state index contributed by atoms with van der Waals surface area (Å²) < 4.78 is 23.5. The van der Waals surface area contributed by atoms with E-state index < -0.39 is 9.84 Å². The van der Waals surface area contributed by atoms with Crippen molar-refractivity contribution in [3.63, 3.8) is 0 Å². The summed E-state index contributed by atoms with van der Waals surface area (Å²) in [6.45, 7) is 3.98. The molecule has 0 spiro atoms. The molecule has 0 bridgehead atoms. The maximum atomic E-state index is 12.7. The molecule has 0 aromatic heterocycles. The average molecular weight is 381 g/mol. The van der Waals surface area contributed by atoms with E-state index in [0.29, 0.717) is 23.5 Å². The number of hydrogen-bond acceptors (Lipinski definition) is 5. The monoisotopic (exact) mass is 380 g/mol. The van der Waals surface area contributed by atoms with Gasteiger partial charge in [-0.2, -0.15) is 5.26 Å². The molecule has 1 aliphatic heterocycles. The first-order chi connectivity index (χ1) is 11.9. The van der Waals surface area contributed by atoms with Gasteiger partial charge in [-0.25, -0.2) is 8.42 Å². The molecule has 1 saturated heterocycles. The zero-order valence-corrected chi connectivity index (χ0v) is 16.3. The van der Waals surface area contributed by atoms with E-state index in [-0.39, 0.29) is 29.5 Å². The molecule has 7 heteroatoms. The van der Waals surface area contributed by atoms with Crippen molar-refractivity contribution in [2.75, 3.05) is 17.3 Å². The molecule has 0 unspecified atom stereocenters. The summed E-state index contributed by atoms with van der Waals surface area (Å²) in [4.78, 5) is 14.5. The largest absolute Gasteiger partial charge is 0.335 e. The molecule has 1 aliphatic rings. The number of rotatable bonds is 7. The number of amides is 1. The first kappa shape index (κ1) is 19.8. The van der Waals surface area contributed by atoms with Gasteiger partial charge in [0.2, 0.25) is 5.91 Å². The number of carbonyl (C=O) groups excluding carboxylic acids is 1. The number of nitriles is 1. The third kappa shape index (κ3) is 5.48. The van der Waals surface area contributed by atoms with Crippen molar-refractivity contribution in [2.24, 2.45) is 0 Å². The lowest BCUT2D eigenvalue weighted by molar-refractivity contribution is -0.132. The quantitative estimate of drug-likeness (QED) is 0.726. The van der Waals surface area contributed by atoms with Crippen LogP contribution in [0.5, 0.6) is 0 Å². The predicted octanol–water partition coefficient (Wildman–Crippen LogP) is 2.61. The van der Waals surface area contributed by atoms with E-state index in [1.807, 2.05) is 32.0 Å². The van der Waals surface area contributed by atoms with Crippen LogP contribution in [0.1, 0.15) is 37.8 Å². The van der Waals surface area contributed by atoms with Crippen LogP contribution in [0.25, 0.3) is 0 Å². The minimum absolute atomic E-state index is 0.00196. The van der Waals surface area contributed by atoms with Gasteiger partial charge in [0.1, 0.15) is 0 Å². The Balaban J connectivity index is 1.96. The van der Waals surface area contributed by atoms with Gasteiger partial charge in [0, 0.05) is 17.8 Å². The minimum Gasteiger partial charge on any atom is -0.335 e. The molecule has 2 atom stereocenters. The van der Waals surface area contributed by atoms with E-state index in [1.54, 1.807) is 11.0 Å². The van der Waals surface area contributed by atoms with Crippen LogP contribution in [0.4, 0.5) is 0 Å². The van der Waals surface area contributed by atoms with Crippen LogP contribution in [0.15, 0.2) is 24.3 Å². The van der Waals surface area contributed by atoms with Gasteiger partial charge in [-0.3, -0.25) is 4.79 Å². The van der Waals surface area contributed by atoms with E-state index >= 15 is 0 Å². The van der Waals surface area contributed by atoms with Gasteiger partial charge < -0.3 is 4.90 Å². The van der Waals surface area contributed by atoms with Crippen LogP contribution in [0.3, 0.4) is 0 Å². The number of sulfone groups is 1. The highest BCUT2D eigenvalue weighted by Crippen LogP contribution is 2.23. The van der Waals surface area contributed by atoms with Crippen LogP contribution in [0, 0.1) is 11.3 Å². The number of benzene rings is 1. The molecular weight excluding hydrogens is 356 g/mol. The highest BCUT2D eigenvalue weighted by Gasteiger charge is 2.36. The zero-order valence-electron chi connectivity index (χ0n) is 14.6. The fraction of sp³-hybridized carbons (Fsp3) is 0.556. The molecule has 1 fully saturated rings. The molecule has 0 radical (unpaired) electrons. The lowest BCUT2D eigenvalue weighted by Gasteiger charge is -2.33. The number of hydrogen-bond donors (Lipinski definition) is 0. The summed E-state index contributed by atoms with van der Waals surface area (Å²) in [5.74, 6) is 1.22. The molecule has 0 N–H and O–H groups in total. The Bertz CT molecular complexity index is 756. The summed E-state index contributed by atoms with van der Waals surface area (Å²) in [5.41, 5.74) is 1.62. The molecule has 0 aliphatic carbocycles. The number of nitrogens with zero attached hydrogens (tertiary/aromatic N) is 2. The van der Waals surface area contributed by atoms with E-state index in [0.717, 1.165) is 12.0 Å². The van der Waals surface area contributed by atoms with E-state index in [2.05, 4.69) is 6.07 Å².